The predicted octanol–water partition coefficient (Wildman–Crippen LogP) is -0.825. The molecule has 0 aromatic rings. The molecule has 1 atom stereocenters. The maximum Gasteiger partial charge on any atom is 0.258 e. The third-order valence-electron chi connectivity index (χ3n) is 1.93. The standard InChI is InChI=1S/C7H9N3O2S/c8-4-1-6(12)10(2-4)7-9-5(11)3-13-7/h4H,1-3,8H2. The molecule has 13 heavy (non-hydrogen) atoms. The maximum atomic E-state index is 11.3. The van der Waals surface area contributed by atoms with Gasteiger partial charge in [0.05, 0.1) is 5.75 Å². The summed E-state index contributed by atoms with van der Waals surface area (Å²) in [5.74, 6) is 0.135. The Bertz CT molecular complexity index is 302. The summed E-state index contributed by atoms with van der Waals surface area (Å²) in [4.78, 5) is 27.4. The second-order valence-corrected chi connectivity index (χ2v) is 3.99. The van der Waals surface area contributed by atoms with Gasteiger partial charge in [0.1, 0.15) is 0 Å². The molecule has 2 heterocycles. The minimum absolute atomic E-state index is 0.0338. The van der Waals surface area contributed by atoms with Gasteiger partial charge < -0.3 is 5.73 Å². The van der Waals surface area contributed by atoms with E-state index in [-0.39, 0.29) is 17.9 Å². The fraction of sp³-hybridized carbons (Fsp3) is 0.571. The van der Waals surface area contributed by atoms with Crippen molar-refractivity contribution in [2.75, 3.05) is 12.3 Å². The van der Waals surface area contributed by atoms with E-state index in [1.165, 1.54) is 16.7 Å². The molecule has 1 saturated heterocycles. The molecule has 2 N–H and O–H groups in total. The van der Waals surface area contributed by atoms with E-state index in [0.717, 1.165) is 0 Å². The highest BCUT2D eigenvalue weighted by Gasteiger charge is 2.33. The van der Waals surface area contributed by atoms with Crippen LogP contribution in [-0.4, -0.2) is 40.2 Å². The zero-order valence-electron chi connectivity index (χ0n) is 6.90. The second-order valence-electron chi connectivity index (χ2n) is 3.05. The van der Waals surface area contributed by atoms with Crippen LogP contribution in [0.25, 0.3) is 0 Å². The van der Waals surface area contributed by atoms with Crippen LogP contribution in [0.3, 0.4) is 0 Å². The molecule has 0 spiro atoms. The molecule has 0 saturated carbocycles. The van der Waals surface area contributed by atoms with Crippen molar-refractivity contribution in [1.29, 1.82) is 0 Å². The van der Waals surface area contributed by atoms with Gasteiger partial charge in [-0.05, 0) is 0 Å². The molecule has 1 unspecified atom stereocenters. The Morgan fingerprint density at radius 2 is 2.31 bits per heavy atom. The summed E-state index contributed by atoms with van der Waals surface area (Å²) in [5.41, 5.74) is 5.61. The first-order chi connectivity index (χ1) is 6.16. The number of amidine groups is 1. The van der Waals surface area contributed by atoms with Crippen LogP contribution in [0.1, 0.15) is 6.42 Å². The van der Waals surface area contributed by atoms with Crippen molar-refractivity contribution in [3.63, 3.8) is 0 Å². The van der Waals surface area contributed by atoms with E-state index in [0.29, 0.717) is 23.9 Å². The van der Waals surface area contributed by atoms with Crippen LogP contribution in [0, 0.1) is 0 Å². The number of rotatable bonds is 0. The number of thioether (sulfide) groups is 1. The minimum Gasteiger partial charge on any atom is -0.326 e. The van der Waals surface area contributed by atoms with Crippen LogP contribution in [0.4, 0.5) is 0 Å². The van der Waals surface area contributed by atoms with Crippen LogP contribution in [-0.2, 0) is 9.59 Å². The van der Waals surface area contributed by atoms with Gasteiger partial charge in [-0.1, -0.05) is 11.8 Å². The fourth-order valence-electron chi connectivity index (χ4n) is 1.36. The quantitative estimate of drug-likeness (QED) is 0.553. The first-order valence-corrected chi connectivity index (χ1v) is 4.95. The SMILES string of the molecule is NC1CC(=O)N(C2=NC(=O)CS2)C1. The lowest BCUT2D eigenvalue weighted by Crippen LogP contribution is -2.31. The van der Waals surface area contributed by atoms with E-state index in [2.05, 4.69) is 4.99 Å². The van der Waals surface area contributed by atoms with Crippen molar-refractivity contribution in [1.82, 2.24) is 4.90 Å². The van der Waals surface area contributed by atoms with Gasteiger partial charge in [0, 0.05) is 19.0 Å². The number of hydrogen-bond donors (Lipinski definition) is 1. The summed E-state index contributed by atoms with van der Waals surface area (Å²) in [6.07, 6.45) is 0.355. The smallest absolute Gasteiger partial charge is 0.258 e. The molecule has 0 aromatic carbocycles. The zero-order chi connectivity index (χ0) is 9.42. The topological polar surface area (TPSA) is 75.8 Å². The van der Waals surface area contributed by atoms with Crippen molar-refractivity contribution in [3.8, 4) is 0 Å². The van der Waals surface area contributed by atoms with E-state index in [1.807, 2.05) is 0 Å². The van der Waals surface area contributed by atoms with Crippen molar-refractivity contribution >= 4 is 28.7 Å². The monoisotopic (exact) mass is 199 g/mol. The molecule has 0 aromatic heterocycles. The number of amides is 2. The number of nitrogens with zero attached hydrogens (tertiary/aromatic N) is 2. The predicted molar refractivity (Wildman–Crippen MR) is 49.2 cm³/mol. The molecule has 70 valence electrons. The van der Waals surface area contributed by atoms with Crippen molar-refractivity contribution in [3.05, 3.63) is 0 Å². The van der Waals surface area contributed by atoms with E-state index < -0.39 is 0 Å². The summed E-state index contributed by atoms with van der Waals surface area (Å²) in [5, 5.41) is 0.517. The number of hydrogen-bond acceptors (Lipinski definition) is 4. The number of carbonyl (C=O) groups excluding carboxylic acids is 2. The van der Waals surface area contributed by atoms with Gasteiger partial charge in [-0.25, -0.2) is 0 Å². The Labute approximate surface area is 79.4 Å². The van der Waals surface area contributed by atoms with Crippen LogP contribution >= 0.6 is 11.8 Å². The molecular formula is C7H9N3O2S. The number of carbonyl (C=O) groups is 2. The molecule has 0 radical (unpaired) electrons. The molecule has 2 amide bonds. The summed E-state index contributed by atoms with van der Waals surface area (Å²) in [7, 11) is 0. The Morgan fingerprint density at radius 3 is 2.77 bits per heavy atom. The first-order valence-electron chi connectivity index (χ1n) is 3.97. The highest BCUT2D eigenvalue weighted by molar-refractivity contribution is 8.14. The minimum atomic E-state index is -0.173. The lowest BCUT2D eigenvalue weighted by molar-refractivity contribution is -0.124. The number of likely N-dealkylation sites (tertiary alicyclic amines) is 1. The molecule has 0 aliphatic carbocycles. The lowest BCUT2D eigenvalue weighted by atomic mass is 10.3. The van der Waals surface area contributed by atoms with Crippen LogP contribution in [0.2, 0.25) is 0 Å². The van der Waals surface area contributed by atoms with E-state index in [4.69, 9.17) is 5.73 Å². The maximum absolute atomic E-state index is 11.3. The van der Waals surface area contributed by atoms with Gasteiger partial charge in [0.25, 0.3) is 5.91 Å². The van der Waals surface area contributed by atoms with E-state index in [1.54, 1.807) is 0 Å². The van der Waals surface area contributed by atoms with Crippen molar-refractivity contribution in [2.45, 2.75) is 12.5 Å². The van der Waals surface area contributed by atoms with Crippen LogP contribution < -0.4 is 5.73 Å². The second kappa shape index (κ2) is 3.12. The number of nitrogens with two attached hydrogens (primary N) is 1. The van der Waals surface area contributed by atoms with Gasteiger partial charge in [0.2, 0.25) is 5.91 Å². The Hall–Kier alpha value is -0.880. The lowest BCUT2D eigenvalue weighted by Gasteiger charge is -2.13. The molecule has 2 aliphatic rings. The average molecular weight is 199 g/mol. The Kier molecular flexibility index (Phi) is 2.09. The summed E-state index contributed by atoms with van der Waals surface area (Å²) < 4.78 is 0. The molecule has 1 fully saturated rings. The molecule has 2 aliphatic heterocycles. The first kappa shape index (κ1) is 8.71. The molecule has 2 rings (SSSR count). The highest BCUT2D eigenvalue weighted by atomic mass is 32.2. The molecule has 6 heteroatoms. The van der Waals surface area contributed by atoms with Crippen molar-refractivity contribution < 1.29 is 9.59 Å². The van der Waals surface area contributed by atoms with Crippen LogP contribution in [0.5, 0.6) is 0 Å². The highest BCUT2D eigenvalue weighted by Crippen LogP contribution is 2.21. The largest absolute Gasteiger partial charge is 0.326 e. The molecular weight excluding hydrogens is 190 g/mol. The van der Waals surface area contributed by atoms with Gasteiger partial charge in [-0.3, -0.25) is 14.5 Å². The summed E-state index contributed by atoms with van der Waals surface area (Å²) >= 11 is 1.30. The van der Waals surface area contributed by atoms with E-state index in [9.17, 15) is 9.59 Å². The van der Waals surface area contributed by atoms with Gasteiger partial charge in [-0.15, -0.1) is 0 Å². The average Bonchev–Trinajstić information content (AvgIpc) is 2.58. The van der Waals surface area contributed by atoms with Gasteiger partial charge in [0.15, 0.2) is 5.17 Å². The van der Waals surface area contributed by atoms with E-state index >= 15 is 0 Å². The number of aliphatic imine (C=N–C) groups is 1. The molecule has 0 bridgehead atoms. The molecule has 5 nitrogen and oxygen atoms in total. The Morgan fingerprint density at radius 1 is 1.54 bits per heavy atom. The normalized spacial score (nSPS) is 28.5. The third kappa shape index (κ3) is 1.59. The van der Waals surface area contributed by atoms with Crippen LogP contribution in [0.15, 0.2) is 4.99 Å². The van der Waals surface area contributed by atoms with Gasteiger partial charge >= 0.3 is 0 Å². The van der Waals surface area contributed by atoms with Gasteiger partial charge in [-0.2, -0.15) is 4.99 Å². The Balaban J connectivity index is 2.13. The van der Waals surface area contributed by atoms with Crippen molar-refractivity contribution in [2.24, 2.45) is 10.7 Å². The summed E-state index contributed by atoms with van der Waals surface area (Å²) in [6.45, 7) is 0.484. The fourth-order valence-corrected chi connectivity index (χ4v) is 2.17. The zero-order valence-corrected chi connectivity index (χ0v) is 7.71. The third-order valence-corrected chi connectivity index (χ3v) is 2.89. The summed E-state index contributed by atoms with van der Waals surface area (Å²) in [6, 6.07) is -0.119.